The molecule has 0 spiro atoms. The van der Waals surface area contributed by atoms with E-state index in [1.165, 1.54) is 98.0 Å². The van der Waals surface area contributed by atoms with Crippen molar-refractivity contribution in [2.24, 2.45) is 0 Å². The molecule has 0 saturated heterocycles. The van der Waals surface area contributed by atoms with Crippen LogP contribution in [-0.2, 0) is 6.42 Å². The second kappa shape index (κ2) is 10.2. The van der Waals surface area contributed by atoms with Crippen LogP contribution >= 0.6 is 15.9 Å². The fourth-order valence-electron chi connectivity index (χ4n) is 3.89. The van der Waals surface area contributed by atoms with Gasteiger partial charge in [0.05, 0.1) is 0 Å². The standard InChI is InChI=1S/C24H32BrN/c1-2-3-4-5-6-7-8-9-10-11-12-19-13-15-23-21(17-19)22-18-20(25)14-16-24(22)26-23/h13-18,26H,2-12H2,1H3. The zero-order valence-electron chi connectivity index (χ0n) is 16.1. The SMILES string of the molecule is CCCCCCCCCCCCc1ccc2[nH]c3ccc(Br)cc3c2c1. The number of nitrogens with one attached hydrogen (secondary N) is 1. The number of rotatable bonds is 11. The van der Waals surface area contributed by atoms with Gasteiger partial charge >= 0.3 is 0 Å². The highest BCUT2D eigenvalue weighted by atomic mass is 79.9. The Bertz CT molecular complexity index is 818. The molecule has 26 heavy (non-hydrogen) atoms. The van der Waals surface area contributed by atoms with E-state index in [4.69, 9.17) is 0 Å². The molecule has 0 fully saturated rings. The van der Waals surface area contributed by atoms with Gasteiger partial charge in [-0.2, -0.15) is 0 Å². The Morgan fingerprint density at radius 1 is 0.692 bits per heavy atom. The third-order valence-corrected chi connectivity index (χ3v) is 5.94. The van der Waals surface area contributed by atoms with Gasteiger partial charge in [0.1, 0.15) is 0 Å². The Morgan fingerprint density at radius 3 is 1.96 bits per heavy atom. The number of hydrogen-bond acceptors (Lipinski definition) is 0. The van der Waals surface area contributed by atoms with Crippen molar-refractivity contribution >= 4 is 37.7 Å². The van der Waals surface area contributed by atoms with Crippen LogP contribution in [0.3, 0.4) is 0 Å². The number of aromatic amines is 1. The Labute approximate surface area is 166 Å². The topological polar surface area (TPSA) is 15.8 Å². The van der Waals surface area contributed by atoms with E-state index in [0.29, 0.717) is 0 Å². The van der Waals surface area contributed by atoms with Gasteiger partial charge in [0.2, 0.25) is 0 Å². The highest BCUT2D eigenvalue weighted by molar-refractivity contribution is 9.10. The van der Waals surface area contributed by atoms with Gasteiger partial charge in [0.15, 0.2) is 0 Å². The summed E-state index contributed by atoms with van der Waals surface area (Å²) in [6.45, 7) is 2.29. The van der Waals surface area contributed by atoms with E-state index in [1.807, 2.05) is 0 Å². The van der Waals surface area contributed by atoms with Crippen LogP contribution in [0.5, 0.6) is 0 Å². The summed E-state index contributed by atoms with van der Waals surface area (Å²) in [6, 6.07) is 13.4. The molecule has 0 aliphatic heterocycles. The molecule has 0 aliphatic rings. The fourth-order valence-corrected chi connectivity index (χ4v) is 4.25. The predicted molar refractivity (Wildman–Crippen MR) is 119 cm³/mol. The van der Waals surface area contributed by atoms with Gasteiger partial charge in [-0.25, -0.2) is 0 Å². The third kappa shape index (κ3) is 5.36. The van der Waals surface area contributed by atoms with Crippen LogP contribution in [0.15, 0.2) is 40.9 Å². The molecular weight excluding hydrogens is 382 g/mol. The minimum absolute atomic E-state index is 1.14. The first-order valence-corrected chi connectivity index (χ1v) is 11.3. The summed E-state index contributed by atoms with van der Waals surface area (Å²) in [5.41, 5.74) is 3.93. The number of halogens is 1. The van der Waals surface area contributed by atoms with E-state index in [2.05, 4.69) is 64.2 Å². The van der Waals surface area contributed by atoms with Crippen molar-refractivity contribution in [3.05, 3.63) is 46.4 Å². The summed E-state index contributed by atoms with van der Waals surface area (Å²) in [7, 11) is 0. The molecule has 140 valence electrons. The van der Waals surface area contributed by atoms with Gasteiger partial charge in [0.25, 0.3) is 0 Å². The molecule has 0 bridgehead atoms. The maximum absolute atomic E-state index is 3.60. The first-order valence-electron chi connectivity index (χ1n) is 10.5. The van der Waals surface area contributed by atoms with Crippen molar-refractivity contribution in [3.63, 3.8) is 0 Å². The minimum atomic E-state index is 1.14. The summed E-state index contributed by atoms with van der Waals surface area (Å²) in [6.07, 6.45) is 15.2. The third-order valence-electron chi connectivity index (χ3n) is 5.44. The number of fused-ring (bicyclic) bond motifs is 3. The summed E-state index contributed by atoms with van der Waals surface area (Å²) >= 11 is 3.60. The van der Waals surface area contributed by atoms with Crippen LogP contribution in [0.4, 0.5) is 0 Å². The van der Waals surface area contributed by atoms with Crippen molar-refractivity contribution in [3.8, 4) is 0 Å². The lowest BCUT2D eigenvalue weighted by molar-refractivity contribution is 0.556. The quantitative estimate of drug-likeness (QED) is 0.303. The van der Waals surface area contributed by atoms with Crippen molar-refractivity contribution in [2.45, 2.75) is 77.6 Å². The fraction of sp³-hybridized carbons (Fsp3) is 0.500. The number of aryl methyl sites for hydroxylation is 1. The van der Waals surface area contributed by atoms with E-state index < -0.39 is 0 Å². The lowest BCUT2D eigenvalue weighted by Gasteiger charge is -2.04. The molecule has 1 aromatic heterocycles. The van der Waals surface area contributed by atoms with Crippen LogP contribution in [-0.4, -0.2) is 4.98 Å². The van der Waals surface area contributed by atoms with E-state index in [1.54, 1.807) is 0 Å². The summed E-state index contributed by atoms with van der Waals surface area (Å²) in [5, 5.41) is 2.67. The summed E-state index contributed by atoms with van der Waals surface area (Å²) < 4.78 is 1.14. The molecule has 2 heteroatoms. The number of H-pyrrole nitrogens is 1. The van der Waals surface area contributed by atoms with Crippen molar-refractivity contribution in [1.82, 2.24) is 4.98 Å². The van der Waals surface area contributed by atoms with E-state index >= 15 is 0 Å². The molecule has 0 unspecified atom stereocenters. The highest BCUT2D eigenvalue weighted by Crippen LogP contribution is 2.29. The van der Waals surface area contributed by atoms with Crippen LogP contribution in [0.2, 0.25) is 0 Å². The normalized spacial score (nSPS) is 11.6. The number of unbranched alkanes of at least 4 members (excludes halogenated alkanes) is 9. The molecule has 0 radical (unpaired) electrons. The number of hydrogen-bond donors (Lipinski definition) is 1. The summed E-state index contributed by atoms with van der Waals surface area (Å²) in [5.74, 6) is 0. The Morgan fingerprint density at radius 2 is 1.27 bits per heavy atom. The predicted octanol–water partition coefficient (Wildman–Crippen LogP) is 8.55. The smallest absolute Gasteiger partial charge is 0.0465 e. The van der Waals surface area contributed by atoms with E-state index in [0.717, 1.165) is 4.47 Å². The van der Waals surface area contributed by atoms with Gasteiger partial charge in [-0.3, -0.25) is 0 Å². The van der Waals surface area contributed by atoms with Crippen LogP contribution < -0.4 is 0 Å². The number of benzene rings is 2. The van der Waals surface area contributed by atoms with Crippen molar-refractivity contribution in [2.75, 3.05) is 0 Å². The minimum Gasteiger partial charge on any atom is -0.355 e. The van der Waals surface area contributed by atoms with Gasteiger partial charge in [-0.05, 0) is 48.7 Å². The molecule has 0 atom stereocenters. The molecular formula is C24H32BrN. The van der Waals surface area contributed by atoms with Gasteiger partial charge in [-0.1, -0.05) is 86.7 Å². The molecule has 1 nitrogen and oxygen atoms in total. The monoisotopic (exact) mass is 413 g/mol. The number of aromatic nitrogens is 1. The molecule has 3 rings (SSSR count). The van der Waals surface area contributed by atoms with Crippen molar-refractivity contribution < 1.29 is 0 Å². The average Bonchev–Trinajstić information content (AvgIpc) is 3.00. The largest absolute Gasteiger partial charge is 0.355 e. The van der Waals surface area contributed by atoms with Crippen LogP contribution in [0, 0.1) is 0 Å². The first kappa shape index (κ1) is 19.5. The van der Waals surface area contributed by atoms with Gasteiger partial charge in [-0.15, -0.1) is 0 Å². The maximum atomic E-state index is 3.60. The Hall–Kier alpha value is -1.28. The lowest BCUT2D eigenvalue weighted by Crippen LogP contribution is -1.87. The van der Waals surface area contributed by atoms with Crippen molar-refractivity contribution in [1.29, 1.82) is 0 Å². The molecule has 3 aromatic rings. The molecule has 1 N–H and O–H groups in total. The van der Waals surface area contributed by atoms with Crippen LogP contribution in [0.1, 0.15) is 76.7 Å². The second-order valence-corrected chi connectivity index (χ2v) is 8.54. The molecule has 2 aromatic carbocycles. The van der Waals surface area contributed by atoms with Gasteiger partial charge in [0, 0.05) is 26.3 Å². The summed E-state index contributed by atoms with van der Waals surface area (Å²) in [4.78, 5) is 3.52. The second-order valence-electron chi connectivity index (χ2n) is 7.63. The zero-order chi connectivity index (χ0) is 18.2. The zero-order valence-corrected chi connectivity index (χ0v) is 17.7. The lowest BCUT2D eigenvalue weighted by atomic mass is 10.0. The van der Waals surface area contributed by atoms with Gasteiger partial charge < -0.3 is 4.98 Å². The van der Waals surface area contributed by atoms with E-state index in [9.17, 15) is 0 Å². The van der Waals surface area contributed by atoms with E-state index in [-0.39, 0.29) is 0 Å². The Kier molecular flexibility index (Phi) is 7.61. The first-order chi connectivity index (χ1) is 12.8. The van der Waals surface area contributed by atoms with Crippen LogP contribution in [0.25, 0.3) is 21.8 Å². The molecule has 0 aliphatic carbocycles. The average molecular weight is 414 g/mol. The molecule has 0 saturated carbocycles. The Balaban J connectivity index is 1.43. The maximum Gasteiger partial charge on any atom is 0.0465 e. The molecule has 1 heterocycles. The highest BCUT2D eigenvalue weighted by Gasteiger charge is 2.05. The molecule has 0 amide bonds.